The van der Waals surface area contributed by atoms with Gasteiger partial charge in [-0.05, 0) is 42.3 Å². The van der Waals surface area contributed by atoms with Gasteiger partial charge in [-0.1, -0.05) is 35.3 Å². The highest BCUT2D eigenvalue weighted by Crippen LogP contribution is 2.22. The Balaban J connectivity index is 1.68. The zero-order valence-electron chi connectivity index (χ0n) is 12.9. The number of anilines is 1. The van der Waals surface area contributed by atoms with Gasteiger partial charge in [0.25, 0.3) is 5.91 Å². The average Bonchev–Trinajstić information content (AvgIpc) is 2.98. The van der Waals surface area contributed by atoms with Gasteiger partial charge >= 0.3 is 0 Å². The fourth-order valence-corrected chi connectivity index (χ4v) is 3.25. The number of carbonyl (C=O) groups is 2. The van der Waals surface area contributed by atoms with Gasteiger partial charge in [0.1, 0.15) is 0 Å². The molecule has 6 heteroatoms. The van der Waals surface area contributed by atoms with E-state index in [4.69, 9.17) is 23.2 Å². The second kappa shape index (κ2) is 7.24. The fraction of sp³-hybridized carbons (Fsp3) is 0.222. The lowest BCUT2D eigenvalue weighted by Gasteiger charge is -2.16. The topological polar surface area (TPSA) is 49.4 Å². The average molecular weight is 363 g/mol. The summed E-state index contributed by atoms with van der Waals surface area (Å²) in [6.45, 7) is 1.11. The van der Waals surface area contributed by atoms with Gasteiger partial charge < -0.3 is 10.2 Å². The Labute approximate surface area is 150 Å². The van der Waals surface area contributed by atoms with Gasteiger partial charge in [-0.3, -0.25) is 9.59 Å². The molecule has 124 valence electrons. The van der Waals surface area contributed by atoms with Crippen molar-refractivity contribution in [1.82, 2.24) is 5.32 Å². The number of hydrogen-bond donors (Lipinski definition) is 1. The molecular weight excluding hydrogens is 347 g/mol. The Morgan fingerprint density at radius 2 is 1.88 bits per heavy atom. The van der Waals surface area contributed by atoms with E-state index in [0.717, 1.165) is 24.2 Å². The van der Waals surface area contributed by atoms with Crippen molar-refractivity contribution in [3.8, 4) is 0 Å². The molecule has 0 aromatic heterocycles. The summed E-state index contributed by atoms with van der Waals surface area (Å²) in [5.74, 6) is -0.105. The van der Waals surface area contributed by atoms with Crippen molar-refractivity contribution in [2.24, 2.45) is 0 Å². The van der Waals surface area contributed by atoms with Crippen LogP contribution in [0.1, 0.15) is 28.8 Å². The number of halogens is 2. The first-order chi connectivity index (χ1) is 11.5. The van der Waals surface area contributed by atoms with Crippen molar-refractivity contribution in [1.29, 1.82) is 0 Å². The van der Waals surface area contributed by atoms with E-state index in [9.17, 15) is 9.59 Å². The second-order valence-electron chi connectivity index (χ2n) is 5.66. The van der Waals surface area contributed by atoms with Crippen LogP contribution in [0.15, 0.2) is 42.5 Å². The van der Waals surface area contributed by atoms with Crippen molar-refractivity contribution in [3.63, 3.8) is 0 Å². The molecule has 1 aliphatic rings. The molecule has 2 aromatic rings. The van der Waals surface area contributed by atoms with Gasteiger partial charge in [-0.15, -0.1) is 0 Å². The highest BCUT2D eigenvalue weighted by molar-refractivity contribution is 6.35. The molecule has 0 bridgehead atoms. The predicted molar refractivity (Wildman–Crippen MR) is 95.7 cm³/mol. The lowest BCUT2D eigenvalue weighted by molar-refractivity contribution is -0.117. The SMILES string of the molecule is O=C(NCc1cccc(N2CCCC2=O)c1)c1cc(Cl)cc(Cl)c1. The molecular formula is C18H16Cl2N2O2. The van der Waals surface area contributed by atoms with E-state index in [-0.39, 0.29) is 11.8 Å². The maximum absolute atomic E-state index is 12.2. The first-order valence-corrected chi connectivity index (χ1v) is 8.42. The molecule has 1 aliphatic heterocycles. The van der Waals surface area contributed by atoms with Gasteiger partial charge in [0.05, 0.1) is 0 Å². The van der Waals surface area contributed by atoms with Crippen molar-refractivity contribution >= 4 is 40.7 Å². The molecule has 1 fully saturated rings. The van der Waals surface area contributed by atoms with E-state index in [1.807, 2.05) is 24.3 Å². The third-order valence-electron chi connectivity index (χ3n) is 3.87. The largest absolute Gasteiger partial charge is 0.348 e. The predicted octanol–water partition coefficient (Wildman–Crippen LogP) is 4.05. The summed E-state index contributed by atoms with van der Waals surface area (Å²) < 4.78 is 0. The number of nitrogens with zero attached hydrogens (tertiary/aromatic N) is 1. The minimum Gasteiger partial charge on any atom is -0.348 e. The number of carbonyl (C=O) groups excluding carboxylic acids is 2. The molecule has 2 amide bonds. The maximum Gasteiger partial charge on any atom is 0.251 e. The van der Waals surface area contributed by atoms with Crippen LogP contribution >= 0.6 is 23.2 Å². The van der Waals surface area contributed by atoms with Gasteiger partial charge in [0.15, 0.2) is 0 Å². The standard InChI is InChI=1S/C18H16Cl2N2O2/c19-14-8-13(9-15(20)10-14)18(24)21-11-12-3-1-4-16(7-12)22-6-2-5-17(22)23/h1,3-4,7-10H,2,5-6,11H2,(H,21,24). The summed E-state index contributed by atoms with van der Waals surface area (Å²) in [4.78, 5) is 25.8. The molecule has 0 radical (unpaired) electrons. The summed E-state index contributed by atoms with van der Waals surface area (Å²) in [5.41, 5.74) is 2.21. The van der Waals surface area contributed by atoms with Crippen molar-refractivity contribution in [2.75, 3.05) is 11.4 Å². The molecule has 3 rings (SSSR count). The number of benzene rings is 2. The van der Waals surface area contributed by atoms with E-state index < -0.39 is 0 Å². The normalized spacial score (nSPS) is 14.1. The van der Waals surface area contributed by atoms with Gasteiger partial charge in [0, 0.05) is 40.8 Å². The lowest BCUT2D eigenvalue weighted by atomic mass is 10.1. The Bertz CT molecular complexity index is 772. The Morgan fingerprint density at radius 3 is 2.54 bits per heavy atom. The van der Waals surface area contributed by atoms with Gasteiger partial charge in [-0.2, -0.15) is 0 Å². The van der Waals surface area contributed by atoms with Crippen LogP contribution in [0.3, 0.4) is 0 Å². The Morgan fingerprint density at radius 1 is 1.12 bits per heavy atom. The molecule has 2 aromatic carbocycles. The van der Waals surface area contributed by atoms with Crippen LogP contribution in [0.5, 0.6) is 0 Å². The molecule has 1 N–H and O–H groups in total. The summed E-state index contributed by atoms with van der Waals surface area (Å²) in [5, 5.41) is 3.68. The van der Waals surface area contributed by atoms with Crippen molar-refractivity contribution in [3.05, 3.63) is 63.6 Å². The highest BCUT2D eigenvalue weighted by atomic mass is 35.5. The van der Waals surface area contributed by atoms with Crippen LogP contribution in [0.4, 0.5) is 5.69 Å². The number of amides is 2. The molecule has 0 unspecified atom stereocenters. The smallest absolute Gasteiger partial charge is 0.251 e. The number of rotatable bonds is 4. The van der Waals surface area contributed by atoms with E-state index in [1.54, 1.807) is 23.1 Å². The molecule has 0 saturated carbocycles. The Hall–Kier alpha value is -2.04. The lowest BCUT2D eigenvalue weighted by Crippen LogP contribution is -2.25. The molecule has 0 aliphatic carbocycles. The van der Waals surface area contributed by atoms with E-state index in [1.165, 1.54) is 0 Å². The minimum atomic E-state index is -0.248. The highest BCUT2D eigenvalue weighted by Gasteiger charge is 2.21. The maximum atomic E-state index is 12.2. The summed E-state index contributed by atoms with van der Waals surface area (Å²) in [6.07, 6.45) is 1.48. The summed E-state index contributed by atoms with van der Waals surface area (Å²) in [7, 11) is 0. The van der Waals surface area contributed by atoms with Crippen LogP contribution in [0.2, 0.25) is 10.0 Å². The molecule has 24 heavy (non-hydrogen) atoms. The van der Waals surface area contributed by atoms with Crippen LogP contribution in [-0.2, 0) is 11.3 Å². The first kappa shape index (κ1) is 16.8. The zero-order chi connectivity index (χ0) is 17.1. The van der Waals surface area contributed by atoms with E-state index >= 15 is 0 Å². The fourth-order valence-electron chi connectivity index (χ4n) is 2.72. The van der Waals surface area contributed by atoms with Crippen LogP contribution in [0.25, 0.3) is 0 Å². The summed E-state index contributed by atoms with van der Waals surface area (Å²) in [6, 6.07) is 12.4. The van der Waals surface area contributed by atoms with Crippen molar-refractivity contribution < 1.29 is 9.59 Å². The molecule has 1 saturated heterocycles. The number of nitrogens with one attached hydrogen (secondary N) is 1. The molecule has 0 atom stereocenters. The third kappa shape index (κ3) is 3.89. The molecule has 1 heterocycles. The Kier molecular flexibility index (Phi) is 5.07. The van der Waals surface area contributed by atoms with Gasteiger partial charge in [0.2, 0.25) is 5.91 Å². The first-order valence-electron chi connectivity index (χ1n) is 7.66. The van der Waals surface area contributed by atoms with Gasteiger partial charge in [-0.25, -0.2) is 0 Å². The van der Waals surface area contributed by atoms with E-state index in [0.29, 0.717) is 28.6 Å². The minimum absolute atomic E-state index is 0.143. The van der Waals surface area contributed by atoms with E-state index in [2.05, 4.69) is 5.32 Å². The second-order valence-corrected chi connectivity index (χ2v) is 6.53. The quantitative estimate of drug-likeness (QED) is 0.891. The number of hydrogen-bond acceptors (Lipinski definition) is 2. The van der Waals surface area contributed by atoms with Crippen LogP contribution in [-0.4, -0.2) is 18.4 Å². The zero-order valence-corrected chi connectivity index (χ0v) is 14.4. The summed E-state index contributed by atoms with van der Waals surface area (Å²) >= 11 is 11.8. The van der Waals surface area contributed by atoms with Crippen LogP contribution in [0, 0.1) is 0 Å². The van der Waals surface area contributed by atoms with Crippen molar-refractivity contribution in [2.45, 2.75) is 19.4 Å². The molecule has 4 nitrogen and oxygen atoms in total. The third-order valence-corrected chi connectivity index (χ3v) is 4.31. The van der Waals surface area contributed by atoms with Crippen LogP contribution < -0.4 is 10.2 Å². The monoisotopic (exact) mass is 362 g/mol. The molecule has 0 spiro atoms.